The Bertz CT molecular complexity index is 866. The van der Waals surface area contributed by atoms with Gasteiger partial charge in [-0.2, -0.15) is 0 Å². The van der Waals surface area contributed by atoms with Gasteiger partial charge in [0.05, 0.1) is 15.0 Å². The molecule has 0 spiro atoms. The van der Waals surface area contributed by atoms with Crippen molar-refractivity contribution in [1.82, 2.24) is 0 Å². The second-order valence-corrected chi connectivity index (χ2v) is 9.25. The number of benzene rings is 2. The van der Waals surface area contributed by atoms with E-state index in [0.29, 0.717) is 0 Å². The zero-order valence-electron chi connectivity index (χ0n) is 12.2. The van der Waals surface area contributed by atoms with Gasteiger partial charge in [0.25, 0.3) is 0 Å². The Morgan fingerprint density at radius 3 is 1.41 bits per heavy atom. The van der Waals surface area contributed by atoms with Crippen LogP contribution < -0.4 is 5.14 Å². The summed E-state index contributed by atoms with van der Waals surface area (Å²) >= 11 is 0. The lowest BCUT2D eigenvalue weighted by Crippen LogP contribution is -2.13. The van der Waals surface area contributed by atoms with Crippen molar-refractivity contribution in [3.63, 3.8) is 0 Å². The number of sulfonamides is 1. The highest BCUT2D eigenvalue weighted by atomic mass is 32.2. The van der Waals surface area contributed by atoms with Gasteiger partial charge in [-0.05, 0) is 49.2 Å². The number of sulfone groups is 1. The largest absolute Gasteiger partial charge is 0.238 e. The fourth-order valence-electron chi connectivity index (χ4n) is 1.95. The van der Waals surface area contributed by atoms with Crippen molar-refractivity contribution in [3.05, 3.63) is 48.5 Å². The van der Waals surface area contributed by atoms with E-state index >= 15 is 0 Å². The maximum atomic E-state index is 12.1. The van der Waals surface area contributed by atoms with Crippen LogP contribution in [0.15, 0.2) is 58.3 Å². The standard InChI is InChI=1S/C15H17NO4S2/c1-11(2)21(17,18)14-7-3-12(4-8-14)13-5-9-15(10-6-13)22(16,19)20/h3-11H,1-2H3,(H2,16,19,20). The van der Waals surface area contributed by atoms with Gasteiger partial charge in [-0.1, -0.05) is 24.3 Å². The Balaban J connectivity index is 2.36. The maximum absolute atomic E-state index is 12.1. The van der Waals surface area contributed by atoms with Gasteiger partial charge >= 0.3 is 0 Å². The summed E-state index contributed by atoms with van der Waals surface area (Å²) in [4.78, 5) is 0.308. The molecule has 2 aromatic carbocycles. The molecule has 0 heterocycles. The van der Waals surface area contributed by atoms with Crippen LogP contribution >= 0.6 is 0 Å². The van der Waals surface area contributed by atoms with Crippen molar-refractivity contribution in [1.29, 1.82) is 0 Å². The quantitative estimate of drug-likeness (QED) is 0.923. The first-order valence-corrected chi connectivity index (χ1v) is 9.69. The third-order valence-corrected chi connectivity index (χ3v) is 6.42. The summed E-state index contributed by atoms with van der Waals surface area (Å²) in [5.74, 6) is 0. The maximum Gasteiger partial charge on any atom is 0.238 e. The van der Waals surface area contributed by atoms with Crippen molar-refractivity contribution in [3.8, 4) is 11.1 Å². The van der Waals surface area contributed by atoms with Crippen LogP contribution in [0.4, 0.5) is 0 Å². The first-order chi connectivity index (χ1) is 10.1. The van der Waals surface area contributed by atoms with Crippen molar-refractivity contribution < 1.29 is 16.8 Å². The van der Waals surface area contributed by atoms with Crippen molar-refractivity contribution >= 4 is 19.9 Å². The van der Waals surface area contributed by atoms with E-state index in [1.807, 2.05) is 0 Å². The normalized spacial score (nSPS) is 12.5. The second kappa shape index (κ2) is 5.83. The summed E-state index contributed by atoms with van der Waals surface area (Å²) in [6.45, 7) is 3.27. The van der Waals surface area contributed by atoms with E-state index in [2.05, 4.69) is 0 Å². The predicted octanol–water partition coefficient (Wildman–Crippen LogP) is 2.18. The molecule has 0 aliphatic rings. The molecule has 0 unspecified atom stereocenters. The van der Waals surface area contributed by atoms with E-state index in [1.165, 1.54) is 12.1 Å². The minimum Gasteiger partial charge on any atom is -0.225 e. The number of hydrogen-bond donors (Lipinski definition) is 1. The monoisotopic (exact) mass is 339 g/mol. The summed E-state index contributed by atoms with van der Waals surface area (Å²) < 4.78 is 46.5. The lowest BCUT2D eigenvalue weighted by Gasteiger charge is -2.09. The molecule has 2 aromatic rings. The summed E-state index contributed by atoms with van der Waals surface area (Å²) in [6.07, 6.45) is 0. The third-order valence-electron chi connectivity index (χ3n) is 3.32. The van der Waals surface area contributed by atoms with E-state index in [1.54, 1.807) is 50.2 Å². The van der Waals surface area contributed by atoms with Crippen LogP contribution in [0.5, 0.6) is 0 Å². The SMILES string of the molecule is CC(C)S(=O)(=O)c1ccc(-c2ccc(S(N)(=O)=O)cc2)cc1. The van der Waals surface area contributed by atoms with E-state index in [-0.39, 0.29) is 9.79 Å². The molecule has 7 heteroatoms. The summed E-state index contributed by atoms with van der Waals surface area (Å²) in [5, 5.41) is 4.57. The molecule has 0 aliphatic carbocycles. The third kappa shape index (κ3) is 3.37. The van der Waals surface area contributed by atoms with Gasteiger partial charge in [0.1, 0.15) is 0 Å². The van der Waals surface area contributed by atoms with Crippen molar-refractivity contribution in [2.75, 3.05) is 0 Å². The zero-order chi connectivity index (χ0) is 16.5. The van der Waals surface area contributed by atoms with Crippen molar-refractivity contribution in [2.45, 2.75) is 28.9 Å². The molecule has 0 saturated carbocycles. The number of rotatable bonds is 4. The van der Waals surface area contributed by atoms with E-state index in [9.17, 15) is 16.8 Å². The zero-order valence-corrected chi connectivity index (χ0v) is 13.9. The molecule has 2 N–H and O–H groups in total. The molecule has 0 radical (unpaired) electrons. The van der Waals surface area contributed by atoms with Gasteiger partial charge in [0.15, 0.2) is 9.84 Å². The average Bonchev–Trinajstić information content (AvgIpc) is 2.46. The smallest absolute Gasteiger partial charge is 0.225 e. The fourth-order valence-corrected chi connectivity index (χ4v) is 3.52. The summed E-state index contributed by atoms with van der Waals surface area (Å²) in [7, 11) is -7.01. The highest BCUT2D eigenvalue weighted by molar-refractivity contribution is 7.92. The van der Waals surface area contributed by atoms with Gasteiger partial charge in [-0.3, -0.25) is 0 Å². The molecule has 0 saturated heterocycles. The first kappa shape index (κ1) is 16.7. The molecule has 5 nitrogen and oxygen atoms in total. The average molecular weight is 339 g/mol. The Morgan fingerprint density at radius 1 is 0.727 bits per heavy atom. The lowest BCUT2D eigenvalue weighted by molar-refractivity contribution is 0.587. The molecule has 0 fully saturated rings. The molecule has 0 amide bonds. The Hall–Kier alpha value is -1.70. The predicted molar refractivity (Wildman–Crippen MR) is 85.6 cm³/mol. The minimum atomic E-state index is -3.72. The van der Waals surface area contributed by atoms with Crippen LogP contribution in [0.3, 0.4) is 0 Å². The van der Waals surface area contributed by atoms with E-state index < -0.39 is 25.1 Å². The minimum absolute atomic E-state index is 0.0373. The first-order valence-electron chi connectivity index (χ1n) is 6.59. The highest BCUT2D eigenvalue weighted by Crippen LogP contribution is 2.24. The topological polar surface area (TPSA) is 94.3 Å². The molecule has 2 rings (SSSR count). The second-order valence-electron chi connectivity index (χ2n) is 5.19. The molecule has 0 aromatic heterocycles. The summed E-state index contributed by atoms with van der Waals surface area (Å²) in [6, 6.07) is 12.6. The number of hydrogen-bond acceptors (Lipinski definition) is 4. The van der Waals surface area contributed by atoms with E-state index in [0.717, 1.165) is 11.1 Å². The van der Waals surface area contributed by atoms with Crippen LogP contribution in [-0.2, 0) is 19.9 Å². The van der Waals surface area contributed by atoms with Crippen LogP contribution in [-0.4, -0.2) is 22.1 Å². The Kier molecular flexibility index (Phi) is 4.42. The van der Waals surface area contributed by atoms with E-state index in [4.69, 9.17) is 5.14 Å². The van der Waals surface area contributed by atoms with Gasteiger partial charge in [-0.15, -0.1) is 0 Å². The van der Waals surface area contributed by atoms with Crippen LogP contribution in [0.1, 0.15) is 13.8 Å². The molecule has 0 atom stereocenters. The molecular weight excluding hydrogens is 322 g/mol. The van der Waals surface area contributed by atoms with Crippen molar-refractivity contribution in [2.24, 2.45) is 5.14 Å². The fraction of sp³-hybridized carbons (Fsp3) is 0.200. The van der Waals surface area contributed by atoms with Crippen LogP contribution in [0.25, 0.3) is 11.1 Å². The van der Waals surface area contributed by atoms with Gasteiger partial charge in [0.2, 0.25) is 10.0 Å². The molecule has 0 aliphatic heterocycles. The lowest BCUT2D eigenvalue weighted by atomic mass is 10.1. The molecule has 118 valence electrons. The van der Waals surface area contributed by atoms with Gasteiger partial charge in [0, 0.05) is 0 Å². The Labute approximate surface area is 130 Å². The molecule has 22 heavy (non-hydrogen) atoms. The van der Waals surface area contributed by atoms with Gasteiger partial charge < -0.3 is 0 Å². The molecule has 0 bridgehead atoms. The number of primary sulfonamides is 1. The molecular formula is C15H17NO4S2. The van der Waals surface area contributed by atoms with Crippen LogP contribution in [0, 0.1) is 0 Å². The number of nitrogens with two attached hydrogens (primary N) is 1. The van der Waals surface area contributed by atoms with Crippen LogP contribution in [0.2, 0.25) is 0 Å². The Morgan fingerprint density at radius 2 is 1.09 bits per heavy atom. The van der Waals surface area contributed by atoms with Gasteiger partial charge in [-0.25, -0.2) is 22.0 Å². The summed E-state index contributed by atoms with van der Waals surface area (Å²) in [5.41, 5.74) is 1.57. The highest BCUT2D eigenvalue weighted by Gasteiger charge is 2.18.